The number of hydrogen-bond acceptors (Lipinski definition) is 4. The largest absolute Gasteiger partial charge is 0.469 e. The Morgan fingerprint density at radius 3 is 2.52 bits per heavy atom. The van der Waals surface area contributed by atoms with Crippen molar-refractivity contribution in [3.05, 3.63) is 35.4 Å². The Morgan fingerprint density at radius 1 is 1.24 bits per heavy atom. The van der Waals surface area contributed by atoms with Gasteiger partial charge in [-0.25, -0.2) is 4.99 Å². The molecule has 0 radical (unpaired) electrons. The minimum absolute atomic E-state index is 0.0531. The summed E-state index contributed by atoms with van der Waals surface area (Å²) in [6, 6.07) is 7.69. The first-order valence-corrected chi connectivity index (χ1v) is 10.4. The van der Waals surface area contributed by atoms with Crippen LogP contribution in [0.5, 0.6) is 0 Å². The van der Waals surface area contributed by atoms with Gasteiger partial charge in [-0.2, -0.15) is 0 Å². The Hall–Kier alpha value is -2.57. The molecule has 2 N–H and O–H groups in total. The van der Waals surface area contributed by atoms with Gasteiger partial charge in [-0.1, -0.05) is 26.0 Å². The minimum atomic E-state index is -0.165. The molecule has 160 valence electrons. The number of methoxy groups -OCH3 is 1. The molecule has 29 heavy (non-hydrogen) atoms. The fraction of sp³-hybridized carbons (Fsp3) is 0.591. The number of nitrogens with one attached hydrogen (secondary N) is 2. The molecule has 1 saturated heterocycles. The molecule has 0 spiro atoms. The summed E-state index contributed by atoms with van der Waals surface area (Å²) in [6.07, 6.45) is 0.900. The van der Waals surface area contributed by atoms with Crippen LogP contribution in [0.3, 0.4) is 0 Å². The summed E-state index contributed by atoms with van der Waals surface area (Å²) in [4.78, 5) is 31.0. The van der Waals surface area contributed by atoms with Crippen LogP contribution in [0.4, 0.5) is 0 Å². The van der Waals surface area contributed by atoms with Gasteiger partial charge in [0.05, 0.1) is 19.6 Å². The third-order valence-electron chi connectivity index (χ3n) is 5.37. The molecule has 3 unspecified atom stereocenters. The fourth-order valence-electron chi connectivity index (χ4n) is 3.36. The maximum Gasteiger partial charge on any atom is 0.310 e. The summed E-state index contributed by atoms with van der Waals surface area (Å²) in [5.41, 5.74) is 1.68. The lowest BCUT2D eigenvalue weighted by Crippen LogP contribution is -2.40. The maximum absolute atomic E-state index is 12.2. The third-order valence-corrected chi connectivity index (χ3v) is 5.37. The van der Waals surface area contributed by atoms with Gasteiger partial charge in [-0.05, 0) is 43.9 Å². The van der Waals surface area contributed by atoms with E-state index < -0.39 is 0 Å². The predicted molar refractivity (Wildman–Crippen MR) is 115 cm³/mol. The summed E-state index contributed by atoms with van der Waals surface area (Å²) in [7, 11) is 1.43. The van der Waals surface area contributed by atoms with Gasteiger partial charge in [0.15, 0.2) is 5.96 Å². The zero-order valence-corrected chi connectivity index (χ0v) is 18.2. The number of rotatable bonds is 7. The van der Waals surface area contributed by atoms with Gasteiger partial charge in [0.25, 0.3) is 5.91 Å². The van der Waals surface area contributed by atoms with Crippen molar-refractivity contribution < 1.29 is 14.3 Å². The van der Waals surface area contributed by atoms with Crippen molar-refractivity contribution in [2.75, 3.05) is 26.7 Å². The molecule has 0 bridgehead atoms. The zero-order valence-electron chi connectivity index (χ0n) is 18.2. The minimum Gasteiger partial charge on any atom is -0.469 e. The summed E-state index contributed by atoms with van der Waals surface area (Å²) in [5, 5.41) is 6.28. The van der Waals surface area contributed by atoms with E-state index in [1.807, 2.05) is 45.0 Å². The summed E-state index contributed by atoms with van der Waals surface area (Å²) >= 11 is 0. The normalized spacial score (nSPS) is 20.3. The summed E-state index contributed by atoms with van der Waals surface area (Å²) in [5.74, 6) is 0.663. The van der Waals surface area contributed by atoms with Gasteiger partial charge in [-0.15, -0.1) is 0 Å². The molecule has 0 saturated carbocycles. The van der Waals surface area contributed by atoms with Gasteiger partial charge in [-0.3, -0.25) is 9.59 Å². The van der Waals surface area contributed by atoms with E-state index in [9.17, 15) is 9.59 Å². The van der Waals surface area contributed by atoms with Crippen LogP contribution in [0.15, 0.2) is 29.3 Å². The van der Waals surface area contributed by atoms with Gasteiger partial charge in [0, 0.05) is 31.2 Å². The Kier molecular flexibility index (Phi) is 8.49. The molecule has 1 fully saturated rings. The molecule has 0 aliphatic carbocycles. The molecular weight excluding hydrogens is 368 g/mol. The SMILES string of the molecule is CCNC(=NCc1ccc(C(=O)NC(C)CC)cc1)N1CC(C)C(C(=O)OC)C1. The van der Waals surface area contributed by atoms with E-state index >= 15 is 0 Å². The topological polar surface area (TPSA) is 83.0 Å². The molecule has 1 aromatic rings. The zero-order chi connectivity index (χ0) is 21.4. The van der Waals surface area contributed by atoms with Crippen molar-refractivity contribution >= 4 is 17.8 Å². The lowest BCUT2D eigenvalue weighted by molar-refractivity contribution is -0.145. The second kappa shape index (κ2) is 10.8. The van der Waals surface area contributed by atoms with Gasteiger partial charge in [0.1, 0.15) is 0 Å². The van der Waals surface area contributed by atoms with Crippen molar-refractivity contribution in [3.8, 4) is 0 Å². The van der Waals surface area contributed by atoms with E-state index in [0.717, 1.165) is 31.0 Å². The number of guanidine groups is 1. The molecule has 7 heteroatoms. The number of carbonyl (C=O) groups is 2. The van der Waals surface area contributed by atoms with Crippen LogP contribution in [-0.2, 0) is 16.1 Å². The van der Waals surface area contributed by atoms with Crippen molar-refractivity contribution in [2.24, 2.45) is 16.8 Å². The number of hydrogen-bond donors (Lipinski definition) is 2. The molecule has 1 aliphatic heterocycles. The van der Waals surface area contributed by atoms with E-state index in [2.05, 4.69) is 22.5 Å². The maximum atomic E-state index is 12.2. The molecule has 1 aliphatic rings. The average Bonchev–Trinajstić information content (AvgIpc) is 3.12. The van der Waals surface area contributed by atoms with Crippen LogP contribution in [0.25, 0.3) is 0 Å². The third kappa shape index (κ3) is 6.21. The average molecular weight is 403 g/mol. The Bertz CT molecular complexity index is 717. The molecule has 3 atom stereocenters. The highest BCUT2D eigenvalue weighted by Crippen LogP contribution is 2.24. The smallest absolute Gasteiger partial charge is 0.310 e. The van der Waals surface area contributed by atoms with Crippen LogP contribution < -0.4 is 10.6 Å². The number of esters is 1. The first-order valence-electron chi connectivity index (χ1n) is 10.4. The van der Waals surface area contributed by atoms with Crippen molar-refractivity contribution in [3.63, 3.8) is 0 Å². The Balaban J connectivity index is 2.03. The highest BCUT2D eigenvalue weighted by Gasteiger charge is 2.36. The predicted octanol–water partition coefficient (Wildman–Crippen LogP) is 2.42. The lowest BCUT2D eigenvalue weighted by Gasteiger charge is -2.21. The van der Waals surface area contributed by atoms with E-state index in [1.54, 1.807) is 0 Å². The summed E-state index contributed by atoms with van der Waals surface area (Å²) in [6.45, 7) is 10.8. The molecule has 1 heterocycles. The second-order valence-electron chi connectivity index (χ2n) is 7.66. The van der Waals surface area contributed by atoms with E-state index in [0.29, 0.717) is 18.7 Å². The van der Waals surface area contributed by atoms with Crippen molar-refractivity contribution in [1.82, 2.24) is 15.5 Å². The fourth-order valence-corrected chi connectivity index (χ4v) is 3.36. The van der Waals surface area contributed by atoms with Crippen LogP contribution in [-0.4, -0.2) is 55.5 Å². The number of nitrogens with zero attached hydrogens (tertiary/aromatic N) is 2. The van der Waals surface area contributed by atoms with Crippen molar-refractivity contribution in [2.45, 2.75) is 46.7 Å². The highest BCUT2D eigenvalue weighted by molar-refractivity contribution is 5.94. The highest BCUT2D eigenvalue weighted by atomic mass is 16.5. The number of carbonyl (C=O) groups excluding carboxylic acids is 2. The van der Waals surface area contributed by atoms with Crippen LogP contribution >= 0.6 is 0 Å². The first-order chi connectivity index (χ1) is 13.9. The van der Waals surface area contributed by atoms with Crippen LogP contribution in [0.2, 0.25) is 0 Å². The Labute approximate surface area is 173 Å². The van der Waals surface area contributed by atoms with E-state index in [-0.39, 0.29) is 29.8 Å². The standard InChI is InChI=1S/C22H34N4O3/c1-6-16(4)25-20(27)18-10-8-17(9-11-18)12-24-22(23-7-2)26-13-15(3)19(14-26)21(28)29-5/h8-11,15-16,19H,6-7,12-14H2,1-5H3,(H,23,24)(H,25,27). The van der Waals surface area contributed by atoms with Crippen LogP contribution in [0, 0.1) is 11.8 Å². The first kappa shape index (κ1) is 22.7. The lowest BCUT2D eigenvalue weighted by atomic mass is 9.99. The quantitative estimate of drug-likeness (QED) is 0.416. The Morgan fingerprint density at radius 2 is 1.93 bits per heavy atom. The molecular formula is C22H34N4O3. The second-order valence-corrected chi connectivity index (χ2v) is 7.66. The molecule has 2 rings (SSSR count). The number of amides is 1. The van der Waals surface area contributed by atoms with Crippen LogP contribution in [0.1, 0.15) is 50.0 Å². The number of benzene rings is 1. The molecule has 1 amide bonds. The van der Waals surface area contributed by atoms with Crippen molar-refractivity contribution in [1.29, 1.82) is 0 Å². The molecule has 1 aromatic carbocycles. The van der Waals surface area contributed by atoms with Gasteiger partial charge in [0.2, 0.25) is 0 Å². The number of likely N-dealkylation sites (tertiary alicyclic amines) is 1. The van der Waals surface area contributed by atoms with E-state index in [1.165, 1.54) is 7.11 Å². The molecule has 7 nitrogen and oxygen atoms in total. The van der Waals surface area contributed by atoms with Gasteiger partial charge >= 0.3 is 5.97 Å². The number of aliphatic imine (C=N–C) groups is 1. The summed E-state index contributed by atoms with van der Waals surface area (Å²) < 4.78 is 4.92. The van der Waals surface area contributed by atoms with Gasteiger partial charge < -0.3 is 20.3 Å². The monoisotopic (exact) mass is 402 g/mol. The molecule has 0 aromatic heterocycles. The van der Waals surface area contributed by atoms with E-state index in [4.69, 9.17) is 9.73 Å². The number of ether oxygens (including phenoxy) is 1.